The Kier molecular flexibility index (Phi) is 7.75. The van der Waals surface area contributed by atoms with Crippen molar-refractivity contribution >= 4 is 11.9 Å². The summed E-state index contributed by atoms with van der Waals surface area (Å²) in [7, 11) is 0. The van der Waals surface area contributed by atoms with Crippen LogP contribution in [0.15, 0.2) is 41.5 Å². The van der Waals surface area contributed by atoms with Crippen molar-refractivity contribution in [3.05, 3.63) is 47.1 Å². The van der Waals surface area contributed by atoms with Gasteiger partial charge in [0.1, 0.15) is 23.7 Å². The molecular weight excluding hydrogens is 308 g/mol. The van der Waals surface area contributed by atoms with Gasteiger partial charge in [0.2, 0.25) is 0 Å². The first-order chi connectivity index (χ1) is 11.3. The Hall–Kier alpha value is -2.56. The average molecular weight is 332 g/mol. The number of hydrogen-bond acceptors (Lipinski definition) is 4. The Labute approximate surface area is 142 Å². The Morgan fingerprint density at radius 1 is 1.12 bits per heavy atom. The molecule has 0 unspecified atom stereocenters. The third-order valence-corrected chi connectivity index (χ3v) is 3.21. The van der Waals surface area contributed by atoms with Crippen molar-refractivity contribution in [3.63, 3.8) is 0 Å². The van der Waals surface area contributed by atoms with E-state index in [0.717, 1.165) is 12.8 Å². The highest BCUT2D eigenvalue weighted by molar-refractivity contribution is 5.92. The highest BCUT2D eigenvalue weighted by Gasteiger charge is 2.14. The molecule has 0 fully saturated rings. The van der Waals surface area contributed by atoms with Crippen LogP contribution in [0.5, 0.6) is 11.5 Å². The summed E-state index contributed by atoms with van der Waals surface area (Å²) in [6.07, 6.45) is 6.13. The van der Waals surface area contributed by atoms with Gasteiger partial charge in [-0.1, -0.05) is 17.2 Å². The third-order valence-electron chi connectivity index (χ3n) is 3.21. The monoisotopic (exact) mass is 332 g/mol. The van der Waals surface area contributed by atoms with E-state index in [2.05, 4.69) is 19.9 Å². The van der Waals surface area contributed by atoms with E-state index in [-0.39, 0.29) is 11.3 Å². The second kappa shape index (κ2) is 9.55. The molecular formula is C19H24O5. The van der Waals surface area contributed by atoms with Crippen molar-refractivity contribution in [1.29, 1.82) is 0 Å². The van der Waals surface area contributed by atoms with E-state index in [4.69, 9.17) is 14.6 Å². The molecule has 1 aromatic rings. The van der Waals surface area contributed by atoms with E-state index in [0.29, 0.717) is 12.4 Å². The number of carboxylic acid groups (broad SMARTS) is 1. The van der Waals surface area contributed by atoms with Gasteiger partial charge in [0, 0.05) is 13.0 Å². The molecule has 24 heavy (non-hydrogen) atoms. The first kappa shape index (κ1) is 19.5. The van der Waals surface area contributed by atoms with E-state index in [1.807, 2.05) is 13.0 Å². The van der Waals surface area contributed by atoms with Crippen LogP contribution >= 0.6 is 0 Å². The van der Waals surface area contributed by atoms with Crippen LogP contribution in [-0.2, 0) is 4.79 Å². The van der Waals surface area contributed by atoms with E-state index in [9.17, 15) is 9.59 Å². The first-order valence-electron chi connectivity index (χ1n) is 7.77. The lowest BCUT2D eigenvalue weighted by Gasteiger charge is -2.09. The van der Waals surface area contributed by atoms with E-state index in [1.54, 1.807) is 6.07 Å². The van der Waals surface area contributed by atoms with Crippen molar-refractivity contribution < 1.29 is 24.2 Å². The van der Waals surface area contributed by atoms with Gasteiger partial charge in [0.05, 0.1) is 0 Å². The van der Waals surface area contributed by atoms with Crippen LogP contribution in [-0.4, -0.2) is 23.7 Å². The summed E-state index contributed by atoms with van der Waals surface area (Å²) in [5.74, 6) is -1.31. The van der Waals surface area contributed by atoms with Crippen molar-refractivity contribution in [1.82, 2.24) is 0 Å². The number of carboxylic acids is 1. The smallest absolute Gasteiger partial charge is 0.339 e. The summed E-state index contributed by atoms with van der Waals surface area (Å²) in [6, 6.07) is 4.32. The van der Waals surface area contributed by atoms with E-state index >= 15 is 0 Å². The van der Waals surface area contributed by atoms with Gasteiger partial charge in [-0.05, 0) is 51.8 Å². The fourth-order valence-electron chi connectivity index (χ4n) is 1.98. The standard InChI is InChI=1S/C19H24O5/c1-13(2)6-5-7-14(3)10-11-23-16-8-9-17(19(21)22)18(12-16)24-15(4)20/h6,8-10,12H,5,7,11H2,1-4H3,(H,21,22). The van der Waals surface area contributed by atoms with Gasteiger partial charge in [-0.25, -0.2) is 4.79 Å². The molecule has 0 saturated carbocycles. The molecule has 1 rings (SSSR count). The molecule has 0 aliphatic carbocycles. The maximum atomic E-state index is 11.1. The minimum Gasteiger partial charge on any atom is -0.489 e. The highest BCUT2D eigenvalue weighted by atomic mass is 16.5. The molecule has 0 amide bonds. The lowest BCUT2D eigenvalue weighted by atomic mass is 10.1. The quantitative estimate of drug-likeness (QED) is 0.434. The SMILES string of the molecule is CC(=O)Oc1cc(OCC=C(C)CCC=C(C)C)ccc1C(=O)O. The number of allylic oxidation sites excluding steroid dienone is 3. The predicted octanol–water partition coefficient (Wildman–Crippen LogP) is 4.38. The summed E-state index contributed by atoms with van der Waals surface area (Å²) in [4.78, 5) is 22.2. The molecule has 5 heteroatoms. The van der Waals surface area contributed by atoms with Gasteiger partial charge in [-0.3, -0.25) is 4.79 Å². The molecule has 0 aromatic heterocycles. The topological polar surface area (TPSA) is 72.8 Å². The fraction of sp³-hybridized carbons (Fsp3) is 0.368. The van der Waals surface area contributed by atoms with Gasteiger partial charge >= 0.3 is 11.9 Å². The van der Waals surface area contributed by atoms with Gasteiger partial charge in [0.15, 0.2) is 0 Å². The van der Waals surface area contributed by atoms with Crippen LogP contribution in [0.2, 0.25) is 0 Å². The number of ether oxygens (including phenoxy) is 2. The zero-order valence-corrected chi connectivity index (χ0v) is 14.6. The molecule has 0 saturated heterocycles. The number of aromatic carboxylic acids is 1. The van der Waals surface area contributed by atoms with Gasteiger partial charge in [0.25, 0.3) is 0 Å². The molecule has 0 bridgehead atoms. The number of rotatable bonds is 8. The summed E-state index contributed by atoms with van der Waals surface area (Å²) >= 11 is 0. The van der Waals surface area contributed by atoms with Crippen molar-refractivity contribution in [2.75, 3.05) is 6.61 Å². The Morgan fingerprint density at radius 3 is 2.42 bits per heavy atom. The third kappa shape index (κ3) is 7.13. The summed E-state index contributed by atoms with van der Waals surface area (Å²) in [5.41, 5.74) is 2.44. The molecule has 0 heterocycles. The molecule has 0 aliphatic heterocycles. The number of esters is 1. The molecule has 0 aliphatic rings. The Balaban J connectivity index is 2.69. The fourth-order valence-corrected chi connectivity index (χ4v) is 1.98. The Morgan fingerprint density at radius 2 is 1.83 bits per heavy atom. The van der Waals surface area contributed by atoms with Crippen LogP contribution in [0.25, 0.3) is 0 Å². The predicted molar refractivity (Wildman–Crippen MR) is 92.6 cm³/mol. The minimum atomic E-state index is -1.16. The highest BCUT2D eigenvalue weighted by Crippen LogP contribution is 2.25. The molecule has 0 spiro atoms. The second-order valence-electron chi connectivity index (χ2n) is 5.74. The summed E-state index contributed by atoms with van der Waals surface area (Å²) in [6.45, 7) is 7.78. The van der Waals surface area contributed by atoms with Crippen LogP contribution in [0.3, 0.4) is 0 Å². The largest absolute Gasteiger partial charge is 0.489 e. The number of carbonyl (C=O) groups excluding carboxylic acids is 1. The van der Waals surface area contributed by atoms with E-state index in [1.165, 1.54) is 30.2 Å². The number of benzene rings is 1. The zero-order chi connectivity index (χ0) is 18.1. The zero-order valence-electron chi connectivity index (χ0n) is 14.6. The molecule has 0 radical (unpaired) electrons. The molecule has 130 valence electrons. The summed E-state index contributed by atoms with van der Waals surface area (Å²) in [5, 5.41) is 9.09. The van der Waals surface area contributed by atoms with Crippen LogP contribution in [0.4, 0.5) is 0 Å². The molecule has 1 N–H and O–H groups in total. The normalized spacial score (nSPS) is 10.9. The number of carbonyl (C=O) groups is 2. The molecule has 0 atom stereocenters. The van der Waals surface area contributed by atoms with Gasteiger partial charge < -0.3 is 14.6 Å². The number of hydrogen-bond donors (Lipinski definition) is 1. The van der Waals surface area contributed by atoms with Crippen LogP contribution in [0, 0.1) is 0 Å². The minimum absolute atomic E-state index is 0.0169. The van der Waals surface area contributed by atoms with Crippen LogP contribution < -0.4 is 9.47 Å². The second-order valence-corrected chi connectivity index (χ2v) is 5.74. The maximum Gasteiger partial charge on any atom is 0.339 e. The Bertz CT molecular complexity index is 652. The maximum absolute atomic E-state index is 11.1. The molecule has 5 nitrogen and oxygen atoms in total. The lowest BCUT2D eigenvalue weighted by Crippen LogP contribution is -2.07. The van der Waals surface area contributed by atoms with Crippen molar-refractivity contribution in [2.45, 2.75) is 40.5 Å². The van der Waals surface area contributed by atoms with Gasteiger partial charge in [-0.2, -0.15) is 0 Å². The van der Waals surface area contributed by atoms with Crippen molar-refractivity contribution in [3.8, 4) is 11.5 Å². The van der Waals surface area contributed by atoms with Gasteiger partial charge in [-0.15, -0.1) is 0 Å². The van der Waals surface area contributed by atoms with E-state index < -0.39 is 11.9 Å². The summed E-state index contributed by atoms with van der Waals surface area (Å²) < 4.78 is 10.5. The average Bonchev–Trinajstić information content (AvgIpc) is 2.46. The van der Waals surface area contributed by atoms with Crippen LogP contribution in [0.1, 0.15) is 50.9 Å². The first-order valence-corrected chi connectivity index (χ1v) is 7.77. The lowest BCUT2D eigenvalue weighted by molar-refractivity contribution is -0.131. The molecule has 1 aromatic carbocycles. The van der Waals surface area contributed by atoms with Crippen molar-refractivity contribution in [2.24, 2.45) is 0 Å².